The Bertz CT molecular complexity index is 954. The van der Waals surface area contributed by atoms with Crippen molar-refractivity contribution in [3.63, 3.8) is 0 Å². The Morgan fingerprint density at radius 1 is 1.08 bits per heavy atom. The van der Waals surface area contributed by atoms with Crippen LogP contribution in [0.2, 0.25) is 0 Å². The molecule has 120 valence electrons. The summed E-state index contributed by atoms with van der Waals surface area (Å²) in [4.78, 5) is 12.2. The molecule has 5 nitrogen and oxygen atoms in total. The van der Waals surface area contributed by atoms with E-state index in [9.17, 15) is 15.0 Å². The third-order valence-corrected chi connectivity index (χ3v) is 4.13. The molecule has 0 saturated heterocycles. The normalized spacial score (nSPS) is 11.0. The molecule has 0 saturated carbocycles. The molecule has 24 heavy (non-hydrogen) atoms. The summed E-state index contributed by atoms with van der Waals surface area (Å²) in [6, 6.07) is 15.4. The smallest absolute Gasteiger partial charge is 0.275 e. The van der Waals surface area contributed by atoms with Gasteiger partial charge in [0.2, 0.25) is 0 Å². The van der Waals surface area contributed by atoms with Crippen LogP contribution in [-0.2, 0) is 0 Å². The third-order valence-electron chi connectivity index (χ3n) is 3.50. The predicted molar refractivity (Wildman–Crippen MR) is 96.5 cm³/mol. The van der Waals surface area contributed by atoms with Crippen LogP contribution < -0.4 is 5.43 Å². The van der Waals surface area contributed by atoms with E-state index in [1.165, 1.54) is 12.3 Å². The van der Waals surface area contributed by atoms with Crippen molar-refractivity contribution in [2.24, 2.45) is 5.10 Å². The van der Waals surface area contributed by atoms with Crippen LogP contribution in [0, 0.1) is 0 Å². The Kier molecular flexibility index (Phi) is 4.48. The zero-order valence-corrected chi connectivity index (χ0v) is 14.0. The quantitative estimate of drug-likeness (QED) is 0.474. The molecule has 3 aromatic rings. The van der Waals surface area contributed by atoms with Crippen molar-refractivity contribution in [3.05, 3.63) is 70.2 Å². The average molecular weight is 385 g/mol. The number of rotatable bonds is 3. The first-order chi connectivity index (χ1) is 11.6. The second-order valence-electron chi connectivity index (χ2n) is 5.09. The van der Waals surface area contributed by atoms with Gasteiger partial charge in [-0.15, -0.1) is 0 Å². The lowest BCUT2D eigenvalue weighted by Gasteiger charge is -2.06. The van der Waals surface area contributed by atoms with E-state index in [2.05, 4.69) is 26.5 Å². The molecule has 3 aromatic carbocycles. The van der Waals surface area contributed by atoms with Crippen LogP contribution in [0.25, 0.3) is 10.8 Å². The van der Waals surface area contributed by atoms with Gasteiger partial charge in [-0.2, -0.15) is 5.10 Å². The van der Waals surface area contributed by atoms with Crippen LogP contribution >= 0.6 is 15.9 Å². The number of amides is 1. The molecule has 0 aliphatic heterocycles. The second-order valence-corrected chi connectivity index (χ2v) is 5.95. The van der Waals surface area contributed by atoms with Gasteiger partial charge in [-0.25, -0.2) is 5.43 Å². The van der Waals surface area contributed by atoms with E-state index >= 15 is 0 Å². The Morgan fingerprint density at radius 3 is 2.67 bits per heavy atom. The molecule has 3 rings (SSSR count). The highest BCUT2D eigenvalue weighted by Crippen LogP contribution is 2.28. The Hall–Kier alpha value is -2.86. The first-order valence-electron chi connectivity index (χ1n) is 7.09. The molecule has 1 amide bonds. The molecule has 3 N–H and O–H groups in total. The highest BCUT2D eigenvalue weighted by atomic mass is 79.9. The molecular formula is C18H13BrN2O3. The van der Waals surface area contributed by atoms with E-state index in [1.807, 2.05) is 12.1 Å². The fourth-order valence-corrected chi connectivity index (χ4v) is 2.66. The maximum absolute atomic E-state index is 12.2. The van der Waals surface area contributed by atoms with E-state index in [1.54, 1.807) is 36.4 Å². The van der Waals surface area contributed by atoms with Crippen LogP contribution in [0.4, 0.5) is 0 Å². The van der Waals surface area contributed by atoms with Gasteiger partial charge in [0.05, 0.1) is 16.3 Å². The van der Waals surface area contributed by atoms with Gasteiger partial charge >= 0.3 is 0 Å². The minimum absolute atomic E-state index is 0.0758. The van der Waals surface area contributed by atoms with E-state index in [4.69, 9.17) is 0 Å². The highest BCUT2D eigenvalue weighted by molar-refractivity contribution is 9.10. The summed E-state index contributed by atoms with van der Waals surface area (Å²) in [5.74, 6) is -0.460. The zero-order chi connectivity index (χ0) is 17.1. The average Bonchev–Trinajstić information content (AvgIpc) is 2.58. The molecule has 0 bridgehead atoms. The second kappa shape index (κ2) is 6.72. The zero-order valence-electron chi connectivity index (χ0n) is 12.4. The highest BCUT2D eigenvalue weighted by Gasteiger charge is 2.12. The molecular weight excluding hydrogens is 372 g/mol. The first-order valence-corrected chi connectivity index (χ1v) is 7.88. The van der Waals surface area contributed by atoms with E-state index in [0.29, 0.717) is 15.4 Å². The van der Waals surface area contributed by atoms with Gasteiger partial charge in [-0.05, 0) is 51.1 Å². The standard InChI is InChI=1S/C18H13BrN2O3/c19-15-9-11(5-8-16(15)22)10-20-21-18(24)14-7-6-12-3-1-2-4-13(12)17(14)23/h1-10,22-23H,(H,21,24). The number of carbonyl (C=O) groups excluding carboxylic acids is 1. The van der Waals surface area contributed by atoms with E-state index in [-0.39, 0.29) is 17.1 Å². The predicted octanol–water partition coefficient (Wildman–Crippen LogP) is 3.78. The van der Waals surface area contributed by atoms with Gasteiger partial charge in [0.15, 0.2) is 0 Å². The molecule has 0 aliphatic rings. The van der Waals surface area contributed by atoms with Crippen LogP contribution in [0.15, 0.2) is 64.2 Å². The van der Waals surface area contributed by atoms with Gasteiger partial charge in [-0.3, -0.25) is 4.79 Å². The van der Waals surface area contributed by atoms with Gasteiger partial charge < -0.3 is 10.2 Å². The number of halogens is 1. The molecule has 0 unspecified atom stereocenters. The number of hydrazone groups is 1. The number of nitrogens with zero attached hydrogens (tertiary/aromatic N) is 1. The maximum atomic E-state index is 12.2. The van der Waals surface area contributed by atoms with Crippen LogP contribution in [-0.4, -0.2) is 22.3 Å². The van der Waals surface area contributed by atoms with Crippen molar-refractivity contribution in [3.8, 4) is 11.5 Å². The molecule has 0 aliphatic carbocycles. The van der Waals surface area contributed by atoms with Crippen molar-refractivity contribution in [2.45, 2.75) is 0 Å². The lowest BCUT2D eigenvalue weighted by Crippen LogP contribution is -2.17. The largest absolute Gasteiger partial charge is 0.507 e. The molecule has 6 heteroatoms. The number of hydrogen-bond acceptors (Lipinski definition) is 4. The van der Waals surface area contributed by atoms with E-state index in [0.717, 1.165) is 5.39 Å². The summed E-state index contributed by atoms with van der Waals surface area (Å²) >= 11 is 3.20. The third kappa shape index (κ3) is 3.23. The number of phenols is 2. The molecule has 0 spiro atoms. The fraction of sp³-hybridized carbons (Fsp3) is 0. The monoisotopic (exact) mass is 384 g/mol. The van der Waals surface area contributed by atoms with Gasteiger partial charge in [-0.1, -0.05) is 30.3 Å². The molecule has 0 atom stereocenters. The SMILES string of the molecule is O=C(NN=Cc1ccc(O)c(Br)c1)c1ccc2ccccc2c1O. The van der Waals surface area contributed by atoms with Crippen LogP contribution in [0.5, 0.6) is 11.5 Å². The Labute approximate surface area is 146 Å². The summed E-state index contributed by atoms with van der Waals surface area (Å²) in [6.07, 6.45) is 1.44. The molecule has 0 radical (unpaired) electrons. The van der Waals surface area contributed by atoms with Crippen molar-refractivity contribution < 1.29 is 15.0 Å². The topological polar surface area (TPSA) is 81.9 Å². The summed E-state index contributed by atoms with van der Waals surface area (Å²) < 4.78 is 0.532. The van der Waals surface area contributed by atoms with Crippen molar-refractivity contribution >= 4 is 38.8 Å². The van der Waals surface area contributed by atoms with Crippen LogP contribution in [0.3, 0.4) is 0 Å². The Morgan fingerprint density at radius 2 is 1.88 bits per heavy atom. The number of benzene rings is 3. The number of fused-ring (bicyclic) bond motifs is 1. The minimum Gasteiger partial charge on any atom is -0.507 e. The molecule has 0 fully saturated rings. The van der Waals surface area contributed by atoms with Crippen LogP contribution in [0.1, 0.15) is 15.9 Å². The fourth-order valence-electron chi connectivity index (χ4n) is 2.27. The number of hydrogen-bond donors (Lipinski definition) is 3. The lowest BCUT2D eigenvalue weighted by molar-refractivity contribution is 0.0952. The van der Waals surface area contributed by atoms with Gasteiger partial charge in [0.1, 0.15) is 11.5 Å². The lowest BCUT2D eigenvalue weighted by atomic mass is 10.1. The summed E-state index contributed by atoms with van der Waals surface area (Å²) in [7, 11) is 0. The Balaban J connectivity index is 1.78. The van der Waals surface area contributed by atoms with Crippen molar-refractivity contribution in [2.75, 3.05) is 0 Å². The summed E-state index contributed by atoms with van der Waals surface area (Å²) in [5.41, 5.74) is 3.23. The van der Waals surface area contributed by atoms with Crippen molar-refractivity contribution in [1.82, 2.24) is 5.43 Å². The van der Waals surface area contributed by atoms with E-state index < -0.39 is 5.91 Å². The summed E-state index contributed by atoms with van der Waals surface area (Å²) in [5, 5.41) is 25.0. The number of aromatic hydroxyl groups is 2. The molecule has 0 heterocycles. The van der Waals surface area contributed by atoms with Gasteiger partial charge in [0.25, 0.3) is 5.91 Å². The molecule has 0 aromatic heterocycles. The summed E-state index contributed by atoms with van der Waals surface area (Å²) in [6.45, 7) is 0. The van der Waals surface area contributed by atoms with Crippen molar-refractivity contribution in [1.29, 1.82) is 0 Å². The maximum Gasteiger partial charge on any atom is 0.275 e. The van der Waals surface area contributed by atoms with Gasteiger partial charge in [0, 0.05) is 5.39 Å². The number of carbonyl (C=O) groups is 1. The number of nitrogens with one attached hydrogen (secondary N) is 1. The minimum atomic E-state index is -0.507. The first kappa shape index (κ1) is 16.0. The number of phenolic OH excluding ortho intramolecular Hbond substituents is 2.